The first kappa shape index (κ1) is 14.0. The van der Waals surface area contributed by atoms with Crippen molar-refractivity contribution in [2.45, 2.75) is 19.5 Å². The van der Waals surface area contributed by atoms with Crippen LogP contribution in [0.2, 0.25) is 0 Å². The van der Waals surface area contributed by atoms with Crippen LogP contribution in [0.5, 0.6) is 0 Å². The molecule has 0 bridgehead atoms. The Labute approximate surface area is 131 Å². The number of rotatable bonds is 5. The molecule has 108 valence electrons. The third kappa shape index (κ3) is 3.22. The van der Waals surface area contributed by atoms with Crippen molar-refractivity contribution >= 4 is 28.6 Å². The summed E-state index contributed by atoms with van der Waals surface area (Å²) in [4.78, 5) is 18.8. The first-order valence-electron chi connectivity index (χ1n) is 6.62. The molecule has 1 N–H and O–H groups in total. The van der Waals surface area contributed by atoms with E-state index < -0.39 is 0 Å². The van der Waals surface area contributed by atoms with Crippen molar-refractivity contribution in [1.29, 1.82) is 0 Å². The first-order valence-corrected chi connectivity index (χ1v) is 8.38. The summed E-state index contributed by atoms with van der Waals surface area (Å²) in [5.41, 5.74) is 0. The van der Waals surface area contributed by atoms with Crippen LogP contribution < -0.4 is 5.32 Å². The van der Waals surface area contributed by atoms with Crippen LogP contribution in [0.3, 0.4) is 0 Å². The minimum absolute atomic E-state index is 0.00768. The Morgan fingerprint density at radius 2 is 2.14 bits per heavy atom. The number of hydrogen-bond donors (Lipinski definition) is 1. The van der Waals surface area contributed by atoms with Gasteiger partial charge in [-0.3, -0.25) is 4.79 Å². The van der Waals surface area contributed by atoms with Crippen molar-refractivity contribution < 1.29 is 4.79 Å². The zero-order valence-corrected chi connectivity index (χ0v) is 13.2. The highest BCUT2D eigenvalue weighted by Crippen LogP contribution is 2.23. The van der Waals surface area contributed by atoms with Crippen LogP contribution >= 0.6 is 22.7 Å². The molecular weight excluding hydrogens is 302 g/mol. The van der Waals surface area contributed by atoms with Crippen LogP contribution in [0.15, 0.2) is 47.4 Å². The summed E-state index contributed by atoms with van der Waals surface area (Å²) in [6, 6.07) is 8.05. The molecule has 0 saturated carbocycles. The Kier molecular flexibility index (Phi) is 4.17. The van der Waals surface area contributed by atoms with Crippen molar-refractivity contribution in [3.8, 4) is 10.7 Å². The molecule has 1 amide bonds. The zero-order chi connectivity index (χ0) is 14.7. The van der Waals surface area contributed by atoms with Crippen molar-refractivity contribution in [3.05, 3.63) is 52.3 Å². The highest BCUT2D eigenvalue weighted by atomic mass is 32.1. The Balaban J connectivity index is 1.67. The summed E-state index contributed by atoms with van der Waals surface area (Å²) >= 11 is 3.27. The lowest BCUT2D eigenvalue weighted by Gasteiger charge is -2.13. The molecule has 1 atom stereocenters. The summed E-state index contributed by atoms with van der Waals surface area (Å²) in [7, 11) is 0. The summed E-state index contributed by atoms with van der Waals surface area (Å²) in [5.74, 6) is 0.829. The van der Waals surface area contributed by atoms with E-state index in [1.807, 2.05) is 52.7 Å². The van der Waals surface area contributed by atoms with Crippen molar-refractivity contribution in [3.63, 3.8) is 0 Å². The van der Waals surface area contributed by atoms with Gasteiger partial charge in [-0.05, 0) is 29.8 Å². The van der Waals surface area contributed by atoms with Crippen molar-refractivity contribution in [2.75, 3.05) is 0 Å². The van der Waals surface area contributed by atoms with Gasteiger partial charge in [-0.15, -0.1) is 22.7 Å². The number of nitrogens with one attached hydrogen (secondary N) is 1. The zero-order valence-electron chi connectivity index (χ0n) is 11.5. The smallest absolute Gasteiger partial charge is 0.240 e. The van der Waals surface area contributed by atoms with Gasteiger partial charge in [0, 0.05) is 17.3 Å². The van der Waals surface area contributed by atoms with Gasteiger partial charge in [0.05, 0.1) is 10.9 Å². The minimum Gasteiger partial charge on any atom is -0.347 e. The second kappa shape index (κ2) is 6.24. The maximum absolute atomic E-state index is 12.2. The number of carbonyl (C=O) groups is 1. The minimum atomic E-state index is -0.00768. The van der Waals surface area contributed by atoms with E-state index in [1.54, 1.807) is 28.9 Å². The van der Waals surface area contributed by atoms with Gasteiger partial charge < -0.3 is 9.88 Å². The van der Waals surface area contributed by atoms with E-state index in [-0.39, 0.29) is 18.5 Å². The Hall–Kier alpha value is -1.92. The molecule has 0 aliphatic heterocycles. The molecule has 6 heteroatoms. The maximum Gasteiger partial charge on any atom is 0.240 e. The first-order chi connectivity index (χ1) is 10.2. The van der Waals surface area contributed by atoms with Crippen LogP contribution in [0, 0.1) is 0 Å². The van der Waals surface area contributed by atoms with Gasteiger partial charge in [-0.25, -0.2) is 4.98 Å². The number of imidazole rings is 1. The number of hydrogen-bond acceptors (Lipinski definition) is 4. The van der Waals surface area contributed by atoms with Gasteiger partial charge >= 0.3 is 0 Å². The Bertz CT molecular complexity index is 701. The summed E-state index contributed by atoms with van der Waals surface area (Å²) in [5, 5.41) is 7.04. The van der Waals surface area contributed by atoms with Gasteiger partial charge in [0.25, 0.3) is 0 Å². The van der Waals surface area contributed by atoms with E-state index in [9.17, 15) is 4.79 Å². The number of aromatic nitrogens is 2. The topological polar surface area (TPSA) is 46.9 Å². The second-order valence-electron chi connectivity index (χ2n) is 4.66. The lowest BCUT2D eigenvalue weighted by Crippen LogP contribution is -2.29. The van der Waals surface area contributed by atoms with Crippen molar-refractivity contribution in [1.82, 2.24) is 14.9 Å². The maximum atomic E-state index is 12.2. The van der Waals surface area contributed by atoms with E-state index in [4.69, 9.17) is 0 Å². The van der Waals surface area contributed by atoms with E-state index in [0.717, 1.165) is 15.6 Å². The highest BCUT2D eigenvalue weighted by molar-refractivity contribution is 7.13. The third-order valence-corrected chi connectivity index (χ3v) is 5.04. The number of amides is 1. The number of carbonyl (C=O) groups excluding carboxylic acids is 1. The van der Waals surface area contributed by atoms with Crippen LogP contribution in [-0.4, -0.2) is 15.5 Å². The van der Waals surface area contributed by atoms with Gasteiger partial charge in [-0.2, -0.15) is 0 Å². The lowest BCUT2D eigenvalue weighted by molar-refractivity contribution is -0.122. The molecular formula is C15H15N3OS2. The van der Waals surface area contributed by atoms with Gasteiger partial charge in [0.1, 0.15) is 12.4 Å². The Morgan fingerprint density at radius 3 is 2.86 bits per heavy atom. The lowest BCUT2D eigenvalue weighted by atomic mass is 10.3. The fourth-order valence-corrected chi connectivity index (χ4v) is 3.59. The molecule has 3 aromatic heterocycles. The molecule has 0 saturated heterocycles. The van der Waals surface area contributed by atoms with Crippen molar-refractivity contribution in [2.24, 2.45) is 0 Å². The molecule has 4 nitrogen and oxygen atoms in total. The van der Waals surface area contributed by atoms with Crippen LogP contribution in [-0.2, 0) is 11.3 Å². The predicted octanol–water partition coefficient (Wildman–Crippen LogP) is 3.55. The van der Waals surface area contributed by atoms with Crippen LogP contribution in [0.4, 0.5) is 0 Å². The van der Waals surface area contributed by atoms with E-state index >= 15 is 0 Å². The highest BCUT2D eigenvalue weighted by Gasteiger charge is 2.13. The predicted molar refractivity (Wildman–Crippen MR) is 86.4 cm³/mol. The van der Waals surface area contributed by atoms with Crippen LogP contribution in [0.25, 0.3) is 10.7 Å². The summed E-state index contributed by atoms with van der Waals surface area (Å²) in [6.07, 6.45) is 3.56. The molecule has 3 aromatic rings. The molecule has 0 radical (unpaired) electrons. The second-order valence-corrected chi connectivity index (χ2v) is 6.59. The molecule has 0 aromatic carbocycles. The molecule has 0 aliphatic carbocycles. The molecule has 3 heterocycles. The quantitative estimate of drug-likeness (QED) is 0.782. The van der Waals surface area contributed by atoms with Crippen LogP contribution in [0.1, 0.15) is 17.8 Å². The molecule has 0 fully saturated rings. The largest absolute Gasteiger partial charge is 0.347 e. The third-order valence-electron chi connectivity index (χ3n) is 3.12. The fourth-order valence-electron chi connectivity index (χ4n) is 2.12. The van der Waals surface area contributed by atoms with E-state index in [0.29, 0.717) is 0 Å². The van der Waals surface area contributed by atoms with Gasteiger partial charge in [0.15, 0.2) is 0 Å². The number of thiophene rings is 2. The monoisotopic (exact) mass is 317 g/mol. The summed E-state index contributed by atoms with van der Waals surface area (Å²) < 4.78 is 1.88. The molecule has 3 rings (SSSR count). The Morgan fingerprint density at radius 1 is 1.33 bits per heavy atom. The molecule has 0 aliphatic rings. The summed E-state index contributed by atoms with van der Waals surface area (Å²) in [6.45, 7) is 2.28. The number of nitrogens with zero attached hydrogens (tertiary/aromatic N) is 2. The molecule has 0 spiro atoms. The average molecular weight is 317 g/mol. The SMILES string of the molecule is C[C@@H](NC(=O)Cn1ccnc1-c1cccs1)c1cccs1. The van der Waals surface area contributed by atoms with Gasteiger partial charge in [-0.1, -0.05) is 12.1 Å². The molecule has 0 unspecified atom stereocenters. The fraction of sp³-hybridized carbons (Fsp3) is 0.200. The normalized spacial score (nSPS) is 12.2. The van der Waals surface area contributed by atoms with E-state index in [1.165, 1.54) is 0 Å². The molecule has 21 heavy (non-hydrogen) atoms. The average Bonchev–Trinajstić information content (AvgIpc) is 3.21. The van der Waals surface area contributed by atoms with E-state index in [2.05, 4.69) is 10.3 Å². The standard InChI is InChI=1S/C15H15N3OS2/c1-11(12-4-2-8-20-12)17-14(19)10-18-7-6-16-15(18)13-5-3-9-21-13/h2-9,11H,10H2,1H3,(H,17,19)/t11-/m1/s1. The van der Waals surface area contributed by atoms with Gasteiger partial charge in [0.2, 0.25) is 5.91 Å².